The number of pyridine rings is 1. The second kappa shape index (κ2) is 9.81. The Kier molecular flexibility index (Phi) is 7.15. The highest BCUT2D eigenvalue weighted by molar-refractivity contribution is 5.98. The third kappa shape index (κ3) is 4.81. The Bertz CT molecular complexity index is 922. The first-order valence-corrected chi connectivity index (χ1v) is 10.7. The van der Waals surface area contributed by atoms with E-state index in [2.05, 4.69) is 17.1 Å². The van der Waals surface area contributed by atoms with Crippen LogP contribution in [0.4, 0.5) is 0 Å². The fourth-order valence-corrected chi connectivity index (χ4v) is 4.33. The molecule has 0 aliphatic heterocycles. The number of carbonyl (C=O) groups is 2. The molecule has 0 bridgehead atoms. The van der Waals surface area contributed by atoms with Gasteiger partial charge in [-0.15, -0.1) is 0 Å². The van der Waals surface area contributed by atoms with Crippen molar-refractivity contribution in [3.63, 3.8) is 0 Å². The molecule has 1 aromatic carbocycles. The summed E-state index contributed by atoms with van der Waals surface area (Å²) in [5.41, 5.74) is 1.87. The minimum atomic E-state index is -1.14. The number of carboxylic acid groups (broad SMARTS) is 1. The Balaban J connectivity index is 1.91. The van der Waals surface area contributed by atoms with Gasteiger partial charge >= 0.3 is 5.97 Å². The molecule has 1 heterocycles. The van der Waals surface area contributed by atoms with Crippen molar-refractivity contribution in [2.45, 2.75) is 64.0 Å². The molecule has 1 aliphatic rings. The lowest BCUT2D eigenvalue weighted by Crippen LogP contribution is -2.45. The van der Waals surface area contributed by atoms with E-state index in [1.807, 2.05) is 12.1 Å². The van der Waals surface area contributed by atoms with Crippen molar-refractivity contribution >= 4 is 11.9 Å². The van der Waals surface area contributed by atoms with Gasteiger partial charge in [-0.1, -0.05) is 43.5 Å². The number of aliphatic carboxylic acids is 1. The van der Waals surface area contributed by atoms with Crippen LogP contribution in [0.25, 0.3) is 0 Å². The highest BCUT2D eigenvalue weighted by Gasteiger charge is 2.34. The van der Waals surface area contributed by atoms with Gasteiger partial charge in [0.25, 0.3) is 5.91 Å². The van der Waals surface area contributed by atoms with Crippen LogP contribution < -0.4 is 4.74 Å². The van der Waals surface area contributed by atoms with E-state index in [0.29, 0.717) is 5.92 Å². The number of ether oxygens (including phenoxy) is 1. The zero-order valence-corrected chi connectivity index (χ0v) is 18.2. The van der Waals surface area contributed by atoms with Gasteiger partial charge in [-0.3, -0.25) is 4.79 Å². The minimum Gasteiger partial charge on any atom is -0.503 e. The van der Waals surface area contributed by atoms with Crippen LogP contribution in [0.1, 0.15) is 79.5 Å². The molecule has 1 aromatic heterocycles. The number of aromatic nitrogens is 1. The molecule has 0 radical (unpaired) electrons. The van der Waals surface area contributed by atoms with Gasteiger partial charge in [-0.25, -0.2) is 9.78 Å². The fraction of sp³-hybridized carbons (Fsp3) is 0.458. The minimum absolute atomic E-state index is 0.103. The maximum absolute atomic E-state index is 13.3. The van der Waals surface area contributed by atoms with Gasteiger partial charge in [0.1, 0.15) is 6.04 Å². The molecular formula is C24H30N2O5. The number of hydrogen-bond donors (Lipinski definition) is 2. The maximum Gasteiger partial charge on any atom is 0.326 e. The van der Waals surface area contributed by atoms with Gasteiger partial charge in [0.05, 0.1) is 13.2 Å². The molecule has 7 heteroatoms. The number of carbonyl (C=O) groups excluding carboxylic acids is 1. The smallest absolute Gasteiger partial charge is 0.326 e. The molecule has 166 valence electrons. The second-order valence-electron chi connectivity index (χ2n) is 8.11. The number of hydrogen-bond acceptors (Lipinski definition) is 5. The number of aromatic hydroxyl groups is 1. The second-order valence-corrected chi connectivity index (χ2v) is 8.11. The Morgan fingerprint density at radius 1 is 1.10 bits per heavy atom. The lowest BCUT2D eigenvalue weighted by Gasteiger charge is -2.33. The summed E-state index contributed by atoms with van der Waals surface area (Å²) >= 11 is 0. The lowest BCUT2D eigenvalue weighted by atomic mass is 9.83. The maximum atomic E-state index is 13.3. The predicted octanol–water partition coefficient (Wildman–Crippen LogP) is 4.52. The van der Waals surface area contributed by atoms with E-state index >= 15 is 0 Å². The zero-order chi connectivity index (χ0) is 22.5. The molecule has 1 aliphatic carbocycles. The van der Waals surface area contributed by atoms with Gasteiger partial charge in [-0.05, 0) is 43.7 Å². The molecular weight excluding hydrogens is 396 g/mol. The summed E-state index contributed by atoms with van der Waals surface area (Å²) in [4.78, 5) is 30.3. The summed E-state index contributed by atoms with van der Waals surface area (Å²) < 4.78 is 5.06. The molecule has 0 saturated heterocycles. The molecule has 1 amide bonds. The highest BCUT2D eigenvalue weighted by atomic mass is 16.5. The van der Waals surface area contributed by atoms with Crippen molar-refractivity contribution in [3.05, 3.63) is 53.3 Å². The van der Waals surface area contributed by atoms with Gasteiger partial charge in [-0.2, -0.15) is 0 Å². The number of nitrogens with zero attached hydrogens (tertiary/aromatic N) is 2. The van der Waals surface area contributed by atoms with Crippen LogP contribution >= 0.6 is 0 Å². The summed E-state index contributed by atoms with van der Waals surface area (Å²) in [5, 5.41) is 20.0. The van der Waals surface area contributed by atoms with Crippen molar-refractivity contribution in [1.82, 2.24) is 9.88 Å². The SMILES string of the molecule is COc1ccnc(C(=O)N(C(C)c2ccc(C3CCCCC3)cc2)[C@@H](C)C(=O)O)c1O. The van der Waals surface area contributed by atoms with Gasteiger partial charge in [0.15, 0.2) is 17.2 Å². The molecule has 3 rings (SSSR count). The monoisotopic (exact) mass is 426 g/mol. The molecule has 7 nitrogen and oxygen atoms in total. The molecule has 2 atom stereocenters. The van der Waals surface area contributed by atoms with Crippen molar-refractivity contribution in [2.75, 3.05) is 7.11 Å². The molecule has 1 unspecified atom stereocenters. The average Bonchev–Trinajstić information content (AvgIpc) is 2.79. The Labute approximate surface area is 182 Å². The molecule has 1 fully saturated rings. The Morgan fingerprint density at radius 3 is 2.32 bits per heavy atom. The van der Waals surface area contributed by atoms with Crippen molar-refractivity contribution in [2.24, 2.45) is 0 Å². The van der Waals surface area contributed by atoms with Crippen LogP contribution in [0.2, 0.25) is 0 Å². The summed E-state index contributed by atoms with van der Waals surface area (Å²) in [6, 6.07) is 7.86. The van der Waals surface area contributed by atoms with Crippen molar-refractivity contribution < 1.29 is 24.5 Å². The Morgan fingerprint density at radius 2 is 1.74 bits per heavy atom. The average molecular weight is 427 g/mol. The van der Waals surface area contributed by atoms with E-state index in [0.717, 1.165) is 5.56 Å². The molecule has 31 heavy (non-hydrogen) atoms. The predicted molar refractivity (Wildman–Crippen MR) is 116 cm³/mol. The molecule has 2 aromatic rings. The van der Waals surface area contributed by atoms with Gasteiger partial charge < -0.3 is 19.8 Å². The summed E-state index contributed by atoms with van der Waals surface area (Å²) in [6.07, 6.45) is 7.52. The van der Waals surface area contributed by atoms with Crippen molar-refractivity contribution in [1.29, 1.82) is 0 Å². The number of benzene rings is 1. The van der Waals surface area contributed by atoms with E-state index < -0.39 is 29.7 Å². The van der Waals surface area contributed by atoms with E-state index in [-0.39, 0.29) is 11.4 Å². The molecule has 0 spiro atoms. The molecule has 2 N–H and O–H groups in total. The van der Waals surface area contributed by atoms with Crippen LogP contribution in [0, 0.1) is 0 Å². The first-order valence-electron chi connectivity index (χ1n) is 10.7. The first kappa shape index (κ1) is 22.6. The Hall–Kier alpha value is -3.09. The standard InChI is InChI=1S/C24H30N2O5/c1-15(17-9-11-19(12-10-17)18-7-5-4-6-8-18)26(16(2)24(29)30)23(28)21-22(27)20(31-3)13-14-25-21/h9-16,18,27H,4-8H2,1-3H3,(H,29,30)/t15?,16-/m0/s1. The van der Waals surface area contributed by atoms with Crippen LogP contribution in [-0.2, 0) is 4.79 Å². The van der Waals surface area contributed by atoms with Crippen LogP contribution in [0.15, 0.2) is 36.5 Å². The third-order valence-electron chi connectivity index (χ3n) is 6.23. The van der Waals surface area contributed by atoms with E-state index in [1.54, 1.807) is 6.92 Å². The first-order chi connectivity index (χ1) is 14.8. The summed E-state index contributed by atoms with van der Waals surface area (Å²) in [5.74, 6) is -1.55. The third-order valence-corrected chi connectivity index (χ3v) is 6.23. The number of carboxylic acids is 1. The van der Waals surface area contributed by atoms with E-state index in [4.69, 9.17) is 4.74 Å². The largest absolute Gasteiger partial charge is 0.503 e. The van der Waals surface area contributed by atoms with Crippen LogP contribution in [0.5, 0.6) is 11.5 Å². The van der Waals surface area contributed by atoms with Crippen molar-refractivity contribution in [3.8, 4) is 11.5 Å². The van der Waals surface area contributed by atoms with E-state index in [1.165, 1.54) is 68.9 Å². The van der Waals surface area contributed by atoms with Gasteiger partial charge in [0.2, 0.25) is 0 Å². The zero-order valence-electron chi connectivity index (χ0n) is 18.2. The summed E-state index contributed by atoms with van der Waals surface area (Å²) in [7, 11) is 1.37. The lowest BCUT2D eigenvalue weighted by molar-refractivity contribution is -0.142. The molecule has 1 saturated carbocycles. The number of rotatable bonds is 7. The van der Waals surface area contributed by atoms with Crippen LogP contribution in [0.3, 0.4) is 0 Å². The number of methoxy groups -OCH3 is 1. The quantitative estimate of drug-likeness (QED) is 0.675. The fourth-order valence-electron chi connectivity index (χ4n) is 4.33. The topological polar surface area (TPSA) is 100.0 Å². The summed E-state index contributed by atoms with van der Waals surface area (Å²) in [6.45, 7) is 3.23. The number of amides is 1. The normalized spacial score (nSPS) is 16.4. The van der Waals surface area contributed by atoms with Crippen LogP contribution in [-0.4, -0.2) is 45.1 Å². The van der Waals surface area contributed by atoms with Gasteiger partial charge in [0, 0.05) is 12.3 Å². The highest BCUT2D eigenvalue weighted by Crippen LogP contribution is 2.35. The van der Waals surface area contributed by atoms with E-state index in [9.17, 15) is 19.8 Å².